The molecule has 0 aromatic rings. The van der Waals surface area contributed by atoms with Crippen molar-refractivity contribution in [1.82, 2.24) is 9.80 Å². The fraction of sp³-hybridized carbons (Fsp3) is 0.917. The Morgan fingerprint density at radius 3 is 2.62 bits per heavy atom. The van der Waals surface area contributed by atoms with Gasteiger partial charge in [-0.15, -0.1) is 11.6 Å². The Hall–Kier alpha value is -0.280. The SMILES string of the molecule is CN(C)CC1CCCN1C(=O)C(C)(C)CCl. The fourth-order valence-corrected chi connectivity index (χ4v) is 2.27. The Labute approximate surface area is 104 Å². The van der Waals surface area contributed by atoms with Crippen molar-refractivity contribution < 1.29 is 4.79 Å². The second-order valence-corrected chi connectivity index (χ2v) is 5.84. The van der Waals surface area contributed by atoms with E-state index in [1.165, 1.54) is 0 Å². The molecule has 0 N–H and O–H groups in total. The zero-order valence-electron chi connectivity index (χ0n) is 10.8. The molecule has 1 fully saturated rings. The van der Waals surface area contributed by atoms with Gasteiger partial charge in [0.05, 0.1) is 5.41 Å². The van der Waals surface area contributed by atoms with Crippen molar-refractivity contribution in [2.45, 2.75) is 32.7 Å². The van der Waals surface area contributed by atoms with Gasteiger partial charge < -0.3 is 9.80 Å². The van der Waals surface area contributed by atoms with E-state index in [0.29, 0.717) is 11.9 Å². The highest BCUT2D eigenvalue weighted by atomic mass is 35.5. The number of hydrogen-bond acceptors (Lipinski definition) is 2. The zero-order chi connectivity index (χ0) is 12.3. The average molecular weight is 247 g/mol. The van der Waals surface area contributed by atoms with E-state index in [2.05, 4.69) is 4.90 Å². The van der Waals surface area contributed by atoms with Gasteiger partial charge in [-0.3, -0.25) is 4.79 Å². The third-order valence-corrected chi connectivity index (χ3v) is 3.80. The molecule has 0 saturated carbocycles. The predicted molar refractivity (Wildman–Crippen MR) is 67.8 cm³/mol. The predicted octanol–water partition coefficient (Wildman–Crippen LogP) is 1.80. The van der Waals surface area contributed by atoms with E-state index in [0.717, 1.165) is 25.9 Å². The molecule has 1 atom stereocenters. The molecule has 1 rings (SSSR count). The molecule has 1 unspecified atom stereocenters. The number of nitrogens with zero attached hydrogens (tertiary/aromatic N) is 2. The van der Waals surface area contributed by atoms with Crippen LogP contribution in [-0.4, -0.2) is 54.8 Å². The van der Waals surface area contributed by atoms with Crippen molar-refractivity contribution in [1.29, 1.82) is 0 Å². The van der Waals surface area contributed by atoms with Gasteiger partial charge in [-0.05, 0) is 40.8 Å². The fourth-order valence-electron chi connectivity index (χ4n) is 2.16. The Kier molecular flexibility index (Phi) is 4.62. The lowest BCUT2D eigenvalue weighted by molar-refractivity contribution is -0.140. The maximum atomic E-state index is 12.3. The van der Waals surface area contributed by atoms with Gasteiger partial charge in [0.25, 0.3) is 0 Å². The maximum Gasteiger partial charge on any atom is 0.229 e. The number of halogens is 1. The summed E-state index contributed by atoms with van der Waals surface area (Å²) in [6.45, 7) is 5.68. The molecule has 3 nitrogen and oxygen atoms in total. The molecular weight excluding hydrogens is 224 g/mol. The lowest BCUT2D eigenvalue weighted by Gasteiger charge is -2.33. The summed E-state index contributed by atoms with van der Waals surface area (Å²) in [5, 5.41) is 0. The standard InChI is InChI=1S/C12H23ClN2O/c1-12(2,9-13)11(16)15-7-5-6-10(15)8-14(3)4/h10H,5-9H2,1-4H3. The second-order valence-electron chi connectivity index (χ2n) is 5.57. The van der Waals surface area contributed by atoms with E-state index in [9.17, 15) is 4.79 Å². The monoisotopic (exact) mass is 246 g/mol. The maximum absolute atomic E-state index is 12.3. The molecular formula is C12H23ClN2O. The van der Waals surface area contributed by atoms with E-state index >= 15 is 0 Å². The van der Waals surface area contributed by atoms with Crippen molar-refractivity contribution >= 4 is 17.5 Å². The first-order valence-corrected chi connectivity index (χ1v) is 6.43. The normalized spacial score (nSPS) is 21.9. The average Bonchev–Trinajstić information content (AvgIpc) is 2.63. The summed E-state index contributed by atoms with van der Waals surface area (Å²) in [4.78, 5) is 16.5. The summed E-state index contributed by atoms with van der Waals surface area (Å²) in [7, 11) is 4.10. The quantitative estimate of drug-likeness (QED) is 0.707. The molecule has 0 bridgehead atoms. The van der Waals surface area contributed by atoms with E-state index in [1.807, 2.05) is 32.8 Å². The van der Waals surface area contributed by atoms with Crippen LogP contribution in [0, 0.1) is 5.41 Å². The van der Waals surface area contributed by atoms with Gasteiger partial charge in [-0.1, -0.05) is 0 Å². The van der Waals surface area contributed by atoms with Gasteiger partial charge in [0.15, 0.2) is 0 Å². The highest BCUT2D eigenvalue weighted by Crippen LogP contribution is 2.27. The van der Waals surface area contributed by atoms with Crippen LogP contribution in [0.2, 0.25) is 0 Å². The van der Waals surface area contributed by atoms with Crippen molar-refractivity contribution in [3.63, 3.8) is 0 Å². The Morgan fingerprint density at radius 2 is 2.12 bits per heavy atom. The van der Waals surface area contributed by atoms with Crippen LogP contribution >= 0.6 is 11.6 Å². The van der Waals surface area contributed by atoms with Crippen LogP contribution in [0.25, 0.3) is 0 Å². The first-order valence-electron chi connectivity index (χ1n) is 5.90. The number of likely N-dealkylation sites (N-methyl/N-ethyl adjacent to an activating group) is 1. The minimum atomic E-state index is -0.434. The number of hydrogen-bond donors (Lipinski definition) is 0. The highest BCUT2D eigenvalue weighted by molar-refractivity contribution is 6.19. The van der Waals surface area contributed by atoms with Crippen molar-refractivity contribution in [3.05, 3.63) is 0 Å². The van der Waals surface area contributed by atoms with E-state index < -0.39 is 5.41 Å². The third kappa shape index (κ3) is 3.11. The molecule has 1 heterocycles. The van der Waals surface area contributed by atoms with Crippen LogP contribution in [-0.2, 0) is 4.79 Å². The lowest BCUT2D eigenvalue weighted by Crippen LogP contribution is -2.47. The molecule has 1 amide bonds. The molecule has 16 heavy (non-hydrogen) atoms. The molecule has 94 valence electrons. The number of likely N-dealkylation sites (tertiary alicyclic amines) is 1. The summed E-state index contributed by atoms with van der Waals surface area (Å²) in [6, 6.07) is 0.366. The van der Waals surface area contributed by atoms with Gasteiger partial charge in [-0.25, -0.2) is 0 Å². The summed E-state index contributed by atoms with van der Waals surface area (Å²) in [5.74, 6) is 0.587. The van der Waals surface area contributed by atoms with E-state index in [1.54, 1.807) is 0 Å². The Morgan fingerprint density at radius 1 is 1.50 bits per heavy atom. The van der Waals surface area contributed by atoms with Crippen LogP contribution in [0.3, 0.4) is 0 Å². The van der Waals surface area contributed by atoms with Crippen molar-refractivity contribution in [2.75, 3.05) is 33.1 Å². The van der Waals surface area contributed by atoms with Crippen LogP contribution in [0.1, 0.15) is 26.7 Å². The smallest absolute Gasteiger partial charge is 0.229 e. The molecule has 1 aliphatic rings. The first kappa shape index (κ1) is 13.8. The van der Waals surface area contributed by atoms with Crippen LogP contribution in [0.15, 0.2) is 0 Å². The number of carbonyl (C=O) groups is 1. The van der Waals surface area contributed by atoms with E-state index in [4.69, 9.17) is 11.6 Å². The second kappa shape index (κ2) is 5.37. The highest BCUT2D eigenvalue weighted by Gasteiger charge is 2.37. The van der Waals surface area contributed by atoms with Gasteiger partial charge in [0.1, 0.15) is 0 Å². The molecule has 0 aromatic heterocycles. The topological polar surface area (TPSA) is 23.6 Å². The number of rotatable bonds is 4. The third-order valence-electron chi connectivity index (χ3n) is 3.13. The van der Waals surface area contributed by atoms with Crippen molar-refractivity contribution in [3.8, 4) is 0 Å². The summed E-state index contributed by atoms with van der Waals surface area (Å²) in [6.07, 6.45) is 2.23. The molecule has 0 aliphatic carbocycles. The number of alkyl halides is 1. The molecule has 0 aromatic carbocycles. The molecule has 1 saturated heterocycles. The Balaban J connectivity index is 2.68. The zero-order valence-corrected chi connectivity index (χ0v) is 11.5. The minimum absolute atomic E-state index is 0.201. The van der Waals surface area contributed by atoms with Crippen molar-refractivity contribution in [2.24, 2.45) is 5.41 Å². The summed E-state index contributed by atoms with van der Waals surface area (Å²) in [5.41, 5.74) is -0.434. The van der Waals surface area contributed by atoms with Crippen LogP contribution in [0.5, 0.6) is 0 Å². The molecule has 1 aliphatic heterocycles. The largest absolute Gasteiger partial charge is 0.338 e. The molecule has 4 heteroatoms. The van der Waals surface area contributed by atoms with Crippen LogP contribution < -0.4 is 0 Å². The van der Waals surface area contributed by atoms with Crippen LogP contribution in [0.4, 0.5) is 0 Å². The first-order chi connectivity index (χ1) is 7.38. The summed E-state index contributed by atoms with van der Waals surface area (Å²) >= 11 is 5.86. The summed E-state index contributed by atoms with van der Waals surface area (Å²) < 4.78 is 0. The Bertz CT molecular complexity index is 253. The molecule has 0 spiro atoms. The minimum Gasteiger partial charge on any atom is -0.338 e. The van der Waals surface area contributed by atoms with Gasteiger partial charge in [-0.2, -0.15) is 0 Å². The van der Waals surface area contributed by atoms with Gasteiger partial charge >= 0.3 is 0 Å². The van der Waals surface area contributed by atoms with Gasteiger partial charge in [0.2, 0.25) is 5.91 Å². The lowest BCUT2D eigenvalue weighted by atomic mass is 9.94. The number of amides is 1. The van der Waals surface area contributed by atoms with Gasteiger partial charge in [0, 0.05) is 25.0 Å². The van der Waals surface area contributed by atoms with E-state index in [-0.39, 0.29) is 5.91 Å². The molecule has 0 radical (unpaired) electrons. The number of carbonyl (C=O) groups excluding carboxylic acids is 1.